The third-order valence-electron chi connectivity index (χ3n) is 3.19. The van der Waals surface area contributed by atoms with Crippen LogP contribution in [0.5, 0.6) is 0 Å². The average molecular weight is 303 g/mol. The Balaban J connectivity index is 1.99. The van der Waals surface area contributed by atoms with E-state index in [9.17, 15) is 9.59 Å². The minimum atomic E-state index is -0.394. The largest absolute Gasteiger partial charge is 0.465 e. The fourth-order valence-corrected chi connectivity index (χ4v) is 2.74. The first kappa shape index (κ1) is 15.3. The van der Waals surface area contributed by atoms with Gasteiger partial charge in [-0.2, -0.15) is 0 Å². The van der Waals surface area contributed by atoms with Crippen LogP contribution in [0.3, 0.4) is 0 Å². The number of hydrogen-bond acceptors (Lipinski definition) is 4. The summed E-state index contributed by atoms with van der Waals surface area (Å²) in [6.07, 6.45) is 0.312. The predicted molar refractivity (Wildman–Crippen MR) is 83.9 cm³/mol. The molecule has 1 amide bonds. The highest BCUT2D eigenvalue weighted by atomic mass is 32.1. The number of amides is 1. The number of rotatable bonds is 4. The molecule has 0 saturated carbocycles. The molecule has 21 heavy (non-hydrogen) atoms. The Bertz CT molecular complexity index is 676. The first-order chi connectivity index (χ1) is 9.99. The maximum absolute atomic E-state index is 12.0. The summed E-state index contributed by atoms with van der Waals surface area (Å²) < 4.78 is 4.63. The Hall–Kier alpha value is -2.14. The van der Waals surface area contributed by atoms with E-state index in [4.69, 9.17) is 0 Å². The van der Waals surface area contributed by atoms with Crippen molar-refractivity contribution >= 4 is 28.2 Å². The van der Waals surface area contributed by atoms with Crippen LogP contribution >= 0.6 is 11.3 Å². The fourth-order valence-electron chi connectivity index (χ4n) is 1.90. The number of anilines is 1. The molecule has 5 heteroatoms. The lowest BCUT2D eigenvalue weighted by atomic mass is 10.0. The molecule has 2 aromatic rings. The Labute approximate surface area is 127 Å². The van der Waals surface area contributed by atoms with Gasteiger partial charge in [0.25, 0.3) is 0 Å². The zero-order valence-corrected chi connectivity index (χ0v) is 13.0. The lowest BCUT2D eigenvalue weighted by molar-refractivity contribution is -0.115. The van der Waals surface area contributed by atoms with E-state index in [1.807, 2.05) is 32.0 Å². The second-order valence-corrected chi connectivity index (χ2v) is 5.88. The van der Waals surface area contributed by atoms with Gasteiger partial charge < -0.3 is 10.1 Å². The van der Waals surface area contributed by atoms with Crippen molar-refractivity contribution in [1.82, 2.24) is 0 Å². The molecule has 2 rings (SSSR count). The van der Waals surface area contributed by atoms with Gasteiger partial charge in [-0.1, -0.05) is 18.2 Å². The topological polar surface area (TPSA) is 55.4 Å². The Morgan fingerprint density at radius 3 is 2.57 bits per heavy atom. The van der Waals surface area contributed by atoms with Gasteiger partial charge in [0.05, 0.1) is 18.5 Å². The van der Waals surface area contributed by atoms with E-state index in [1.165, 1.54) is 29.6 Å². The first-order valence-electron chi connectivity index (χ1n) is 6.53. The predicted octanol–water partition coefficient (Wildman–Crippen LogP) is 3.33. The van der Waals surface area contributed by atoms with Gasteiger partial charge in [-0.15, -0.1) is 11.3 Å². The monoisotopic (exact) mass is 303 g/mol. The molecule has 0 saturated heterocycles. The van der Waals surface area contributed by atoms with Crippen molar-refractivity contribution in [2.75, 3.05) is 12.4 Å². The quantitative estimate of drug-likeness (QED) is 0.881. The van der Waals surface area contributed by atoms with Crippen LogP contribution in [0.1, 0.15) is 26.4 Å². The normalized spacial score (nSPS) is 10.2. The van der Waals surface area contributed by atoms with Gasteiger partial charge in [0.15, 0.2) is 0 Å². The summed E-state index contributed by atoms with van der Waals surface area (Å²) in [6.45, 7) is 4.07. The van der Waals surface area contributed by atoms with Gasteiger partial charge in [0.2, 0.25) is 5.91 Å². The number of methoxy groups -OCH3 is 1. The van der Waals surface area contributed by atoms with E-state index in [0.717, 1.165) is 5.56 Å². The molecule has 1 N–H and O–H groups in total. The van der Waals surface area contributed by atoms with E-state index in [-0.39, 0.29) is 5.91 Å². The Morgan fingerprint density at radius 1 is 1.14 bits per heavy atom. The van der Waals surface area contributed by atoms with Crippen LogP contribution < -0.4 is 5.32 Å². The Morgan fingerprint density at radius 2 is 1.90 bits per heavy atom. The van der Waals surface area contributed by atoms with Crippen LogP contribution in [0.15, 0.2) is 30.3 Å². The molecule has 0 spiro atoms. The maximum atomic E-state index is 12.0. The second-order valence-electron chi connectivity index (χ2n) is 4.80. The lowest BCUT2D eigenvalue weighted by Crippen LogP contribution is -2.13. The second kappa shape index (κ2) is 6.54. The fraction of sp³-hybridized carbons (Fsp3) is 0.250. The molecule has 0 aliphatic carbocycles. The smallest absolute Gasteiger partial charge is 0.348 e. The maximum Gasteiger partial charge on any atom is 0.348 e. The van der Waals surface area contributed by atoms with Gasteiger partial charge in [0.1, 0.15) is 4.88 Å². The molecule has 110 valence electrons. The van der Waals surface area contributed by atoms with E-state index < -0.39 is 5.97 Å². The number of aryl methyl sites for hydroxylation is 2. The number of ether oxygens (including phenoxy) is 1. The molecule has 1 aromatic carbocycles. The molecule has 0 radical (unpaired) electrons. The zero-order valence-electron chi connectivity index (χ0n) is 12.2. The summed E-state index contributed by atoms with van der Waals surface area (Å²) in [4.78, 5) is 23.8. The molecule has 4 nitrogen and oxygen atoms in total. The van der Waals surface area contributed by atoms with Crippen LogP contribution in [0.25, 0.3) is 0 Å². The number of esters is 1. The molecule has 0 bridgehead atoms. The van der Waals surface area contributed by atoms with E-state index >= 15 is 0 Å². The van der Waals surface area contributed by atoms with E-state index in [1.54, 1.807) is 12.1 Å². The summed E-state index contributed by atoms with van der Waals surface area (Å²) in [6, 6.07) is 9.33. The standard InChI is InChI=1S/C16H17NO3S/c1-10-4-5-12(8-11(10)2)9-14(18)17-15-7-6-13(21-15)16(19)20-3/h4-8H,9H2,1-3H3,(H,17,18). The summed E-state index contributed by atoms with van der Waals surface area (Å²) in [5.41, 5.74) is 3.35. The zero-order chi connectivity index (χ0) is 15.4. The summed E-state index contributed by atoms with van der Waals surface area (Å²) in [5, 5.41) is 3.44. The molecule has 1 aromatic heterocycles. The highest BCUT2D eigenvalue weighted by Crippen LogP contribution is 2.22. The van der Waals surface area contributed by atoms with Crippen molar-refractivity contribution in [3.05, 3.63) is 51.9 Å². The highest BCUT2D eigenvalue weighted by molar-refractivity contribution is 7.18. The summed E-state index contributed by atoms with van der Waals surface area (Å²) in [7, 11) is 1.33. The van der Waals surface area contributed by atoms with Crippen molar-refractivity contribution in [2.45, 2.75) is 20.3 Å². The third-order valence-corrected chi connectivity index (χ3v) is 4.17. The van der Waals surface area contributed by atoms with Gasteiger partial charge >= 0.3 is 5.97 Å². The van der Waals surface area contributed by atoms with Crippen LogP contribution in [0.2, 0.25) is 0 Å². The molecule has 0 aliphatic rings. The van der Waals surface area contributed by atoms with Crippen LogP contribution in [0, 0.1) is 13.8 Å². The van der Waals surface area contributed by atoms with Crippen molar-refractivity contribution in [1.29, 1.82) is 0 Å². The van der Waals surface area contributed by atoms with Crippen molar-refractivity contribution in [3.63, 3.8) is 0 Å². The lowest BCUT2D eigenvalue weighted by Gasteiger charge is -2.05. The van der Waals surface area contributed by atoms with Crippen molar-refractivity contribution < 1.29 is 14.3 Å². The van der Waals surface area contributed by atoms with Crippen LogP contribution in [0.4, 0.5) is 5.00 Å². The molecule has 0 unspecified atom stereocenters. The number of carbonyl (C=O) groups is 2. The molecule has 1 heterocycles. The van der Waals surface area contributed by atoms with E-state index in [0.29, 0.717) is 16.3 Å². The average Bonchev–Trinajstić information content (AvgIpc) is 2.90. The number of hydrogen-bond donors (Lipinski definition) is 1. The molecular weight excluding hydrogens is 286 g/mol. The number of carbonyl (C=O) groups excluding carboxylic acids is 2. The van der Waals surface area contributed by atoms with Gasteiger partial charge in [-0.25, -0.2) is 4.79 Å². The van der Waals surface area contributed by atoms with Crippen molar-refractivity contribution in [2.24, 2.45) is 0 Å². The summed E-state index contributed by atoms with van der Waals surface area (Å²) in [5.74, 6) is -0.494. The number of thiophene rings is 1. The van der Waals surface area contributed by atoms with E-state index in [2.05, 4.69) is 10.1 Å². The molecule has 0 fully saturated rings. The minimum Gasteiger partial charge on any atom is -0.465 e. The number of nitrogens with one attached hydrogen (secondary N) is 1. The van der Waals surface area contributed by atoms with Gasteiger partial charge in [-0.3, -0.25) is 4.79 Å². The minimum absolute atomic E-state index is 0.100. The molecule has 0 aliphatic heterocycles. The van der Waals surface area contributed by atoms with Crippen LogP contribution in [-0.2, 0) is 16.0 Å². The third kappa shape index (κ3) is 3.92. The highest BCUT2D eigenvalue weighted by Gasteiger charge is 2.11. The van der Waals surface area contributed by atoms with Crippen molar-refractivity contribution in [3.8, 4) is 0 Å². The molecular formula is C16H17NO3S. The van der Waals surface area contributed by atoms with Crippen LogP contribution in [-0.4, -0.2) is 19.0 Å². The van der Waals surface area contributed by atoms with Gasteiger partial charge in [0, 0.05) is 0 Å². The number of benzene rings is 1. The summed E-state index contributed by atoms with van der Waals surface area (Å²) >= 11 is 1.20. The SMILES string of the molecule is COC(=O)c1ccc(NC(=O)Cc2ccc(C)c(C)c2)s1. The first-order valence-corrected chi connectivity index (χ1v) is 7.35. The van der Waals surface area contributed by atoms with Gasteiger partial charge in [-0.05, 0) is 42.7 Å². The molecule has 0 atom stereocenters. The Kier molecular flexibility index (Phi) is 4.75.